The Morgan fingerprint density at radius 1 is 0.633 bits per heavy atom. The van der Waals surface area contributed by atoms with Crippen molar-refractivity contribution >= 4 is 23.2 Å². The van der Waals surface area contributed by atoms with Gasteiger partial charge in [0, 0.05) is 11.4 Å². The van der Waals surface area contributed by atoms with Crippen LogP contribution in [0.5, 0.6) is 0 Å². The fourth-order valence-electron chi connectivity index (χ4n) is 3.65. The molecule has 0 aliphatic heterocycles. The molecule has 0 bridgehead atoms. The number of hydrogen-bond acceptors (Lipinski definition) is 2. The van der Waals surface area contributed by atoms with Crippen LogP contribution >= 0.6 is 0 Å². The molecule has 3 aromatic carbocycles. The molecule has 0 radical (unpaired) electrons. The van der Waals surface area contributed by atoms with Crippen molar-refractivity contribution in [2.75, 3.05) is 10.6 Å². The molecule has 3 rings (SSSR count). The van der Waals surface area contributed by atoms with E-state index in [4.69, 9.17) is 0 Å². The quantitative estimate of drug-likeness (QED) is 0.491. The summed E-state index contributed by atoms with van der Waals surface area (Å²) in [4.78, 5) is 25.6. The molecule has 2 amide bonds. The molecule has 0 aromatic heterocycles. The van der Waals surface area contributed by atoms with Crippen LogP contribution in [-0.2, 0) is 9.59 Å². The summed E-state index contributed by atoms with van der Waals surface area (Å²) in [5, 5.41) is 5.98. The highest BCUT2D eigenvalue weighted by Crippen LogP contribution is 2.25. The molecular formula is C26H28N2O2. The number of benzene rings is 3. The molecule has 3 aromatic rings. The van der Waals surface area contributed by atoms with Crippen molar-refractivity contribution in [1.82, 2.24) is 0 Å². The minimum absolute atomic E-state index is 0.0529. The molecule has 4 heteroatoms. The summed E-state index contributed by atoms with van der Waals surface area (Å²) >= 11 is 0. The molecule has 154 valence electrons. The van der Waals surface area contributed by atoms with E-state index in [1.165, 1.54) is 0 Å². The summed E-state index contributed by atoms with van der Waals surface area (Å²) in [6, 6.07) is 26.8. The number of amides is 2. The van der Waals surface area contributed by atoms with Gasteiger partial charge in [-0.1, -0.05) is 80.6 Å². The predicted molar refractivity (Wildman–Crippen MR) is 123 cm³/mol. The van der Waals surface area contributed by atoms with Crippen LogP contribution in [0.25, 0.3) is 0 Å². The SMILES string of the molecule is CCC(C(=O)Nc1cccc(NC(=O)C(CC)c2ccccc2)c1)c1ccccc1. The van der Waals surface area contributed by atoms with Gasteiger partial charge in [0.15, 0.2) is 0 Å². The molecule has 30 heavy (non-hydrogen) atoms. The van der Waals surface area contributed by atoms with Gasteiger partial charge < -0.3 is 10.6 Å². The zero-order chi connectivity index (χ0) is 21.3. The standard InChI is InChI=1S/C26H28N2O2/c1-3-23(19-12-7-5-8-13-19)25(29)27-21-16-11-17-22(18-21)28-26(30)24(4-2)20-14-9-6-10-15-20/h5-18,23-24H,3-4H2,1-2H3,(H,27,29)(H,28,30). The fraction of sp³-hybridized carbons (Fsp3) is 0.231. The van der Waals surface area contributed by atoms with Crippen LogP contribution in [0.2, 0.25) is 0 Å². The van der Waals surface area contributed by atoms with E-state index in [1.54, 1.807) is 6.07 Å². The van der Waals surface area contributed by atoms with Crippen LogP contribution in [0.1, 0.15) is 49.7 Å². The normalized spacial score (nSPS) is 12.6. The second kappa shape index (κ2) is 10.4. The van der Waals surface area contributed by atoms with Crippen molar-refractivity contribution in [1.29, 1.82) is 0 Å². The Morgan fingerprint density at radius 2 is 1.03 bits per heavy atom. The van der Waals surface area contributed by atoms with E-state index in [2.05, 4.69) is 10.6 Å². The van der Waals surface area contributed by atoms with Crippen molar-refractivity contribution < 1.29 is 9.59 Å². The first kappa shape index (κ1) is 21.3. The summed E-state index contributed by atoms with van der Waals surface area (Å²) < 4.78 is 0. The monoisotopic (exact) mass is 400 g/mol. The first-order chi connectivity index (χ1) is 14.6. The first-order valence-electron chi connectivity index (χ1n) is 10.4. The third-order valence-electron chi connectivity index (χ3n) is 5.25. The molecule has 2 N–H and O–H groups in total. The second-order valence-electron chi connectivity index (χ2n) is 7.30. The average molecular weight is 401 g/mol. The Hall–Kier alpha value is -3.40. The highest BCUT2D eigenvalue weighted by atomic mass is 16.2. The maximum Gasteiger partial charge on any atom is 0.231 e. The molecule has 0 aliphatic carbocycles. The summed E-state index contributed by atoms with van der Waals surface area (Å²) in [5.74, 6) is -0.537. The average Bonchev–Trinajstić information content (AvgIpc) is 2.76. The number of anilines is 2. The molecule has 2 atom stereocenters. The molecule has 0 aliphatic rings. The van der Waals surface area contributed by atoms with E-state index in [0.717, 1.165) is 11.1 Å². The smallest absolute Gasteiger partial charge is 0.231 e. The molecule has 0 fully saturated rings. The van der Waals surface area contributed by atoms with Gasteiger partial charge in [0.05, 0.1) is 11.8 Å². The molecule has 2 unspecified atom stereocenters. The number of nitrogens with one attached hydrogen (secondary N) is 2. The van der Waals surface area contributed by atoms with Gasteiger partial charge in [-0.2, -0.15) is 0 Å². The van der Waals surface area contributed by atoms with Gasteiger partial charge in [-0.25, -0.2) is 0 Å². The first-order valence-corrected chi connectivity index (χ1v) is 10.4. The minimum Gasteiger partial charge on any atom is -0.325 e. The summed E-state index contributed by atoms with van der Waals surface area (Å²) in [6.45, 7) is 4.00. The third-order valence-corrected chi connectivity index (χ3v) is 5.25. The lowest BCUT2D eigenvalue weighted by Crippen LogP contribution is -2.22. The zero-order valence-corrected chi connectivity index (χ0v) is 17.5. The zero-order valence-electron chi connectivity index (χ0n) is 17.5. The number of carbonyl (C=O) groups excluding carboxylic acids is 2. The van der Waals surface area contributed by atoms with Crippen molar-refractivity contribution in [2.45, 2.75) is 38.5 Å². The lowest BCUT2D eigenvalue weighted by Gasteiger charge is -2.17. The van der Waals surface area contributed by atoms with Crippen molar-refractivity contribution in [2.24, 2.45) is 0 Å². The highest BCUT2D eigenvalue weighted by molar-refractivity contribution is 5.98. The molecular weight excluding hydrogens is 372 g/mol. The summed E-state index contributed by atoms with van der Waals surface area (Å²) in [7, 11) is 0. The fourth-order valence-corrected chi connectivity index (χ4v) is 3.65. The maximum absolute atomic E-state index is 12.8. The maximum atomic E-state index is 12.8. The predicted octanol–water partition coefficient (Wildman–Crippen LogP) is 5.95. The van der Waals surface area contributed by atoms with E-state index in [9.17, 15) is 9.59 Å². The van der Waals surface area contributed by atoms with Crippen molar-refractivity contribution in [3.05, 3.63) is 96.1 Å². The van der Waals surface area contributed by atoms with E-state index >= 15 is 0 Å². The van der Waals surface area contributed by atoms with Crippen LogP contribution in [0.15, 0.2) is 84.9 Å². The Kier molecular flexibility index (Phi) is 7.39. The number of rotatable bonds is 8. The second-order valence-corrected chi connectivity index (χ2v) is 7.30. The van der Waals surface area contributed by atoms with Gasteiger partial charge in [-0.3, -0.25) is 9.59 Å². The molecule has 0 spiro atoms. The largest absolute Gasteiger partial charge is 0.325 e. The molecule has 0 saturated heterocycles. The van der Waals surface area contributed by atoms with Crippen LogP contribution in [-0.4, -0.2) is 11.8 Å². The topological polar surface area (TPSA) is 58.2 Å². The lowest BCUT2D eigenvalue weighted by atomic mass is 9.95. The van der Waals surface area contributed by atoms with Gasteiger partial charge >= 0.3 is 0 Å². The van der Waals surface area contributed by atoms with Gasteiger partial charge in [0.1, 0.15) is 0 Å². The van der Waals surface area contributed by atoms with E-state index in [0.29, 0.717) is 24.2 Å². The minimum atomic E-state index is -0.216. The summed E-state index contributed by atoms with van der Waals surface area (Å²) in [5.41, 5.74) is 3.33. The molecule has 0 saturated carbocycles. The third kappa shape index (κ3) is 5.35. The van der Waals surface area contributed by atoms with Crippen LogP contribution in [0.4, 0.5) is 11.4 Å². The Balaban J connectivity index is 1.70. The Morgan fingerprint density at radius 3 is 1.40 bits per heavy atom. The van der Waals surface area contributed by atoms with Crippen LogP contribution in [0, 0.1) is 0 Å². The van der Waals surface area contributed by atoms with Crippen LogP contribution < -0.4 is 10.6 Å². The van der Waals surface area contributed by atoms with Gasteiger partial charge in [-0.05, 0) is 42.2 Å². The highest BCUT2D eigenvalue weighted by Gasteiger charge is 2.20. The summed E-state index contributed by atoms with van der Waals surface area (Å²) in [6.07, 6.45) is 1.42. The van der Waals surface area contributed by atoms with E-state index in [1.807, 2.05) is 92.7 Å². The van der Waals surface area contributed by atoms with Crippen LogP contribution in [0.3, 0.4) is 0 Å². The number of carbonyl (C=O) groups is 2. The van der Waals surface area contributed by atoms with Crippen molar-refractivity contribution in [3.8, 4) is 0 Å². The van der Waals surface area contributed by atoms with Gasteiger partial charge in [0.2, 0.25) is 11.8 Å². The van der Waals surface area contributed by atoms with Crippen molar-refractivity contribution in [3.63, 3.8) is 0 Å². The van der Waals surface area contributed by atoms with E-state index < -0.39 is 0 Å². The Bertz CT molecular complexity index is 894. The van der Waals surface area contributed by atoms with E-state index in [-0.39, 0.29) is 23.7 Å². The number of hydrogen-bond donors (Lipinski definition) is 2. The molecule has 0 heterocycles. The van der Waals surface area contributed by atoms with Gasteiger partial charge in [0.25, 0.3) is 0 Å². The lowest BCUT2D eigenvalue weighted by molar-refractivity contribution is -0.118. The van der Waals surface area contributed by atoms with Gasteiger partial charge in [-0.15, -0.1) is 0 Å². The molecule has 4 nitrogen and oxygen atoms in total. The Labute approximate surface area is 178 Å².